The lowest BCUT2D eigenvalue weighted by Crippen LogP contribution is -2.43. The Morgan fingerprint density at radius 2 is 2.18 bits per heavy atom. The van der Waals surface area contributed by atoms with Crippen molar-refractivity contribution in [2.45, 2.75) is 26.7 Å². The SMILES string of the molecule is Cc1cc(F)cc(C(=O)C2(C)CCCNC2)c1. The molecule has 0 saturated carbocycles. The fourth-order valence-corrected chi connectivity index (χ4v) is 2.47. The molecular weight excluding hydrogens is 217 g/mol. The Balaban J connectivity index is 2.29. The number of carbonyl (C=O) groups excluding carboxylic acids is 1. The lowest BCUT2D eigenvalue weighted by molar-refractivity contribution is 0.0772. The van der Waals surface area contributed by atoms with Crippen LogP contribution in [0.5, 0.6) is 0 Å². The van der Waals surface area contributed by atoms with Crippen LogP contribution < -0.4 is 5.32 Å². The van der Waals surface area contributed by atoms with Crippen LogP contribution in [0, 0.1) is 18.2 Å². The van der Waals surface area contributed by atoms with Gasteiger partial charge < -0.3 is 5.32 Å². The van der Waals surface area contributed by atoms with Crippen LogP contribution in [0.3, 0.4) is 0 Å². The summed E-state index contributed by atoms with van der Waals surface area (Å²) < 4.78 is 13.3. The standard InChI is InChI=1S/C14H18FNO/c1-10-6-11(8-12(15)7-10)13(17)14(2)4-3-5-16-9-14/h6-8,16H,3-5,9H2,1-2H3. The summed E-state index contributed by atoms with van der Waals surface area (Å²) in [5.74, 6) is -0.284. The van der Waals surface area contributed by atoms with Crippen molar-refractivity contribution in [2.24, 2.45) is 5.41 Å². The Morgan fingerprint density at radius 3 is 2.76 bits per heavy atom. The number of aryl methyl sites for hydroxylation is 1. The highest BCUT2D eigenvalue weighted by Crippen LogP contribution is 2.30. The predicted molar refractivity (Wildman–Crippen MR) is 65.7 cm³/mol. The van der Waals surface area contributed by atoms with Gasteiger partial charge in [-0.3, -0.25) is 4.79 Å². The maximum absolute atomic E-state index is 13.3. The molecule has 0 aromatic heterocycles. The van der Waals surface area contributed by atoms with Crippen LogP contribution in [0.25, 0.3) is 0 Å². The first-order valence-corrected chi connectivity index (χ1v) is 6.04. The summed E-state index contributed by atoms with van der Waals surface area (Å²) in [6.45, 7) is 5.41. The van der Waals surface area contributed by atoms with E-state index in [1.54, 1.807) is 13.0 Å². The molecule has 2 nitrogen and oxygen atoms in total. The van der Waals surface area contributed by atoms with E-state index >= 15 is 0 Å². The fraction of sp³-hybridized carbons (Fsp3) is 0.500. The minimum atomic E-state index is -0.390. The maximum Gasteiger partial charge on any atom is 0.170 e. The molecule has 1 saturated heterocycles. The Morgan fingerprint density at radius 1 is 1.41 bits per heavy atom. The van der Waals surface area contributed by atoms with Gasteiger partial charge in [0.1, 0.15) is 5.82 Å². The van der Waals surface area contributed by atoms with Gasteiger partial charge in [0.2, 0.25) is 0 Å². The first-order valence-electron chi connectivity index (χ1n) is 6.04. The number of halogens is 1. The number of ketones is 1. The summed E-state index contributed by atoms with van der Waals surface area (Å²) in [5.41, 5.74) is 0.896. The number of nitrogens with one attached hydrogen (secondary N) is 1. The van der Waals surface area contributed by atoms with Crippen molar-refractivity contribution in [1.29, 1.82) is 0 Å². The van der Waals surface area contributed by atoms with Crippen molar-refractivity contribution >= 4 is 5.78 Å². The van der Waals surface area contributed by atoms with Gasteiger partial charge in [0.25, 0.3) is 0 Å². The van der Waals surface area contributed by atoms with E-state index in [0.717, 1.165) is 24.9 Å². The van der Waals surface area contributed by atoms with Gasteiger partial charge in [-0.25, -0.2) is 4.39 Å². The third kappa shape index (κ3) is 2.55. The molecule has 0 bridgehead atoms. The number of rotatable bonds is 2. The predicted octanol–water partition coefficient (Wildman–Crippen LogP) is 2.71. The van der Waals surface area contributed by atoms with Crippen LogP contribution >= 0.6 is 0 Å². The molecule has 1 aromatic rings. The minimum absolute atomic E-state index is 0.0484. The van der Waals surface area contributed by atoms with E-state index in [4.69, 9.17) is 0 Å². The van der Waals surface area contributed by atoms with Gasteiger partial charge in [-0.1, -0.05) is 6.92 Å². The van der Waals surface area contributed by atoms with Crippen molar-refractivity contribution in [2.75, 3.05) is 13.1 Å². The minimum Gasteiger partial charge on any atom is -0.316 e. The largest absolute Gasteiger partial charge is 0.316 e. The highest BCUT2D eigenvalue weighted by atomic mass is 19.1. The van der Waals surface area contributed by atoms with Crippen LogP contribution in [-0.4, -0.2) is 18.9 Å². The highest BCUT2D eigenvalue weighted by molar-refractivity contribution is 6.00. The highest BCUT2D eigenvalue weighted by Gasteiger charge is 2.35. The molecule has 0 radical (unpaired) electrons. The number of benzene rings is 1. The Hall–Kier alpha value is -1.22. The molecule has 1 heterocycles. The molecule has 3 heteroatoms. The molecule has 17 heavy (non-hydrogen) atoms. The molecule has 1 unspecified atom stereocenters. The lowest BCUT2D eigenvalue weighted by atomic mass is 9.76. The summed E-state index contributed by atoms with van der Waals surface area (Å²) in [6, 6.07) is 4.55. The zero-order chi connectivity index (χ0) is 12.5. The number of hydrogen-bond donors (Lipinski definition) is 1. The molecular formula is C14H18FNO. The van der Waals surface area contributed by atoms with Crippen molar-refractivity contribution < 1.29 is 9.18 Å². The summed E-state index contributed by atoms with van der Waals surface area (Å²) in [5, 5.41) is 3.24. The molecule has 0 amide bonds. The molecule has 1 aliphatic heterocycles. The van der Waals surface area contributed by atoms with Crippen LogP contribution in [0.15, 0.2) is 18.2 Å². The van der Waals surface area contributed by atoms with Gasteiger partial charge in [-0.15, -0.1) is 0 Å². The molecule has 1 fully saturated rings. The quantitative estimate of drug-likeness (QED) is 0.798. The van der Waals surface area contributed by atoms with Gasteiger partial charge in [0.05, 0.1) is 0 Å². The van der Waals surface area contributed by atoms with Crippen LogP contribution in [0.1, 0.15) is 35.7 Å². The second-order valence-electron chi connectivity index (χ2n) is 5.19. The second-order valence-corrected chi connectivity index (χ2v) is 5.19. The van der Waals surface area contributed by atoms with Gasteiger partial charge >= 0.3 is 0 Å². The van der Waals surface area contributed by atoms with Crippen LogP contribution in [-0.2, 0) is 0 Å². The monoisotopic (exact) mass is 235 g/mol. The van der Waals surface area contributed by atoms with Gasteiger partial charge in [0, 0.05) is 17.5 Å². The van der Waals surface area contributed by atoms with Gasteiger partial charge in [-0.2, -0.15) is 0 Å². The molecule has 1 aromatic carbocycles. The molecule has 0 aliphatic carbocycles. The van der Waals surface area contributed by atoms with Crippen molar-refractivity contribution in [1.82, 2.24) is 5.32 Å². The Kier molecular flexibility index (Phi) is 3.29. The summed E-state index contributed by atoms with van der Waals surface area (Å²) in [7, 11) is 0. The van der Waals surface area contributed by atoms with Crippen molar-refractivity contribution in [3.05, 3.63) is 35.1 Å². The first-order chi connectivity index (χ1) is 8.01. The normalized spacial score (nSPS) is 24.6. The molecule has 1 N–H and O–H groups in total. The molecule has 92 valence electrons. The smallest absolute Gasteiger partial charge is 0.170 e. The molecule has 0 spiro atoms. The third-order valence-electron chi connectivity index (χ3n) is 3.45. The van der Waals surface area contributed by atoms with Crippen molar-refractivity contribution in [3.8, 4) is 0 Å². The summed E-state index contributed by atoms with van der Waals surface area (Å²) >= 11 is 0. The lowest BCUT2D eigenvalue weighted by Gasteiger charge is -2.32. The third-order valence-corrected chi connectivity index (χ3v) is 3.45. The number of Topliss-reactive ketones (excluding diaryl/α,β-unsaturated/α-hetero) is 1. The molecule has 2 rings (SSSR count). The second kappa shape index (κ2) is 4.57. The number of hydrogen-bond acceptors (Lipinski definition) is 2. The average Bonchev–Trinajstić information content (AvgIpc) is 2.27. The van der Waals surface area contributed by atoms with E-state index in [-0.39, 0.29) is 11.6 Å². The van der Waals surface area contributed by atoms with Gasteiger partial charge in [-0.05, 0) is 50.1 Å². The van der Waals surface area contributed by atoms with E-state index in [1.165, 1.54) is 12.1 Å². The van der Waals surface area contributed by atoms with Crippen molar-refractivity contribution in [3.63, 3.8) is 0 Å². The Bertz CT molecular complexity index is 416. The topological polar surface area (TPSA) is 29.1 Å². The fourth-order valence-electron chi connectivity index (χ4n) is 2.47. The Labute approximate surface area is 101 Å². The van der Waals surface area contributed by atoms with E-state index in [9.17, 15) is 9.18 Å². The maximum atomic E-state index is 13.3. The van der Waals surface area contributed by atoms with Crippen LogP contribution in [0.4, 0.5) is 4.39 Å². The zero-order valence-corrected chi connectivity index (χ0v) is 10.3. The van der Waals surface area contributed by atoms with Crippen LogP contribution in [0.2, 0.25) is 0 Å². The number of carbonyl (C=O) groups is 1. The number of piperidine rings is 1. The molecule has 1 aliphatic rings. The molecule has 1 atom stereocenters. The van der Waals surface area contributed by atoms with Gasteiger partial charge in [0.15, 0.2) is 5.78 Å². The average molecular weight is 235 g/mol. The van der Waals surface area contributed by atoms with E-state index in [0.29, 0.717) is 12.1 Å². The van der Waals surface area contributed by atoms with E-state index in [1.807, 2.05) is 6.92 Å². The summed E-state index contributed by atoms with van der Waals surface area (Å²) in [4.78, 5) is 12.4. The summed E-state index contributed by atoms with van der Waals surface area (Å²) in [6.07, 6.45) is 1.87. The zero-order valence-electron chi connectivity index (χ0n) is 10.3. The van der Waals surface area contributed by atoms with E-state index in [2.05, 4.69) is 5.32 Å². The first kappa shape index (κ1) is 12.2. The van der Waals surface area contributed by atoms with E-state index < -0.39 is 5.41 Å².